The zero-order valence-electron chi connectivity index (χ0n) is 14.8. The Labute approximate surface area is 148 Å². The maximum absolute atomic E-state index is 12.5. The molecule has 1 amide bonds. The van der Waals surface area contributed by atoms with E-state index in [0.717, 1.165) is 43.3 Å². The highest BCUT2D eigenvalue weighted by Crippen LogP contribution is 2.26. The molecule has 1 aliphatic carbocycles. The van der Waals surface area contributed by atoms with Gasteiger partial charge in [-0.05, 0) is 32.2 Å². The summed E-state index contributed by atoms with van der Waals surface area (Å²) in [4.78, 5) is 14.4. The van der Waals surface area contributed by atoms with Gasteiger partial charge < -0.3 is 14.8 Å². The number of hydrogen-bond donors (Lipinski definition) is 1. The van der Waals surface area contributed by atoms with Gasteiger partial charge in [0.1, 0.15) is 5.82 Å². The van der Waals surface area contributed by atoms with E-state index in [-0.39, 0.29) is 5.91 Å². The molecule has 0 radical (unpaired) electrons. The quantitative estimate of drug-likeness (QED) is 0.824. The van der Waals surface area contributed by atoms with Gasteiger partial charge in [-0.2, -0.15) is 0 Å². The summed E-state index contributed by atoms with van der Waals surface area (Å²) in [7, 11) is 3.97. The van der Waals surface area contributed by atoms with Crippen LogP contribution in [0.25, 0.3) is 0 Å². The van der Waals surface area contributed by atoms with Crippen molar-refractivity contribution in [3.8, 4) is 0 Å². The van der Waals surface area contributed by atoms with Gasteiger partial charge in [-0.25, -0.2) is 0 Å². The van der Waals surface area contributed by atoms with Crippen LogP contribution in [-0.4, -0.2) is 57.5 Å². The molecule has 6 nitrogen and oxygen atoms in total. The largest absolute Gasteiger partial charge is 0.342 e. The molecule has 3 rings (SSSR count). The molecule has 1 N–H and O–H groups in total. The predicted octanol–water partition coefficient (Wildman–Crippen LogP) is 2.17. The number of nitrogens with zero attached hydrogens (tertiary/aromatic N) is 4. The summed E-state index contributed by atoms with van der Waals surface area (Å²) in [5.41, 5.74) is 0. The second-order valence-electron chi connectivity index (χ2n) is 7.03. The minimum absolute atomic E-state index is 0.204. The summed E-state index contributed by atoms with van der Waals surface area (Å²) in [6.07, 6.45) is 8.45. The molecule has 7 heteroatoms. The van der Waals surface area contributed by atoms with E-state index in [1.165, 1.54) is 37.4 Å². The second kappa shape index (κ2) is 8.34. The van der Waals surface area contributed by atoms with Gasteiger partial charge in [-0.3, -0.25) is 4.79 Å². The van der Waals surface area contributed by atoms with Crippen LogP contribution in [-0.2, 0) is 11.8 Å². The third-order valence-corrected chi connectivity index (χ3v) is 6.38. The van der Waals surface area contributed by atoms with Crippen molar-refractivity contribution in [2.24, 2.45) is 7.05 Å². The number of piperidine rings is 1. The van der Waals surface area contributed by atoms with E-state index in [9.17, 15) is 4.79 Å². The summed E-state index contributed by atoms with van der Waals surface area (Å²) >= 11 is 1.51. The van der Waals surface area contributed by atoms with E-state index in [4.69, 9.17) is 0 Å². The third kappa shape index (κ3) is 4.11. The highest BCUT2D eigenvalue weighted by Gasteiger charge is 2.24. The summed E-state index contributed by atoms with van der Waals surface area (Å²) in [5.74, 6) is 2.13. The van der Waals surface area contributed by atoms with Gasteiger partial charge >= 0.3 is 0 Å². The molecule has 1 aromatic heterocycles. The average Bonchev–Trinajstić information content (AvgIpc) is 3.01. The van der Waals surface area contributed by atoms with Crippen LogP contribution < -0.4 is 5.32 Å². The first-order valence-electron chi connectivity index (χ1n) is 9.15. The lowest BCUT2D eigenvalue weighted by molar-refractivity contribution is -0.129. The van der Waals surface area contributed by atoms with Gasteiger partial charge in [0.25, 0.3) is 0 Å². The highest BCUT2D eigenvalue weighted by molar-refractivity contribution is 7.99. The molecule has 0 aromatic carbocycles. The number of carbonyl (C=O) groups is 1. The van der Waals surface area contributed by atoms with E-state index in [1.807, 2.05) is 19.0 Å². The topological polar surface area (TPSA) is 63.1 Å². The molecule has 1 aromatic rings. The lowest BCUT2D eigenvalue weighted by Gasteiger charge is -2.31. The number of amides is 1. The normalized spacial score (nSPS) is 22.5. The summed E-state index contributed by atoms with van der Waals surface area (Å²) in [5, 5.41) is 13.0. The van der Waals surface area contributed by atoms with Crippen molar-refractivity contribution < 1.29 is 4.79 Å². The fourth-order valence-electron chi connectivity index (χ4n) is 3.78. The van der Waals surface area contributed by atoms with Crippen LogP contribution in [0.2, 0.25) is 0 Å². The number of nitrogens with one attached hydrogen (secondary N) is 1. The van der Waals surface area contributed by atoms with Gasteiger partial charge in [-0.1, -0.05) is 31.0 Å². The van der Waals surface area contributed by atoms with Crippen molar-refractivity contribution in [3.05, 3.63) is 5.82 Å². The van der Waals surface area contributed by atoms with Gasteiger partial charge in [0.2, 0.25) is 5.91 Å². The lowest BCUT2D eigenvalue weighted by atomic mass is 9.94. The highest BCUT2D eigenvalue weighted by atomic mass is 32.2. The fraction of sp³-hybridized carbons (Fsp3) is 0.824. The number of thioether (sulfide) groups is 1. The monoisotopic (exact) mass is 351 g/mol. The standard InChI is InChI=1S/C17H29N5OS/c1-21(14-8-4-3-5-9-14)15(23)12-24-17-20-19-16(22(17)2)13-7-6-10-18-11-13/h13-14,18H,3-12H2,1-2H3/t13-/m0/s1. The molecule has 0 spiro atoms. The number of aromatic nitrogens is 3. The maximum Gasteiger partial charge on any atom is 0.233 e. The number of hydrogen-bond acceptors (Lipinski definition) is 5. The minimum Gasteiger partial charge on any atom is -0.342 e. The number of rotatable bonds is 5. The van der Waals surface area contributed by atoms with Crippen LogP contribution >= 0.6 is 11.8 Å². The van der Waals surface area contributed by atoms with Gasteiger partial charge in [0.15, 0.2) is 5.16 Å². The Balaban J connectivity index is 1.54. The third-order valence-electron chi connectivity index (χ3n) is 5.37. The molecular weight excluding hydrogens is 322 g/mol. The SMILES string of the molecule is CN(C(=O)CSc1nnc([C@H]2CCCNC2)n1C)C1CCCCC1. The van der Waals surface area contributed by atoms with E-state index < -0.39 is 0 Å². The van der Waals surface area contributed by atoms with Crippen LogP contribution in [0.5, 0.6) is 0 Å². The fourth-order valence-corrected chi connectivity index (χ4v) is 4.62. The summed E-state index contributed by atoms with van der Waals surface area (Å²) < 4.78 is 2.07. The number of carbonyl (C=O) groups excluding carboxylic acids is 1. The first kappa shape index (κ1) is 17.7. The average molecular weight is 352 g/mol. The zero-order chi connectivity index (χ0) is 16.9. The molecular formula is C17H29N5OS. The van der Waals surface area contributed by atoms with E-state index in [0.29, 0.717) is 17.7 Å². The molecule has 2 aliphatic rings. The van der Waals surface area contributed by atoms with E-state index in [1.54, 1.807) is 0 Å². The zero-order valence-corrected chi connectivity index (χ0v) is 15.6. The van der Waals surface area contributed by atoms with Crippen LogP contribution in [0.4, 0.5) is 0 Å². The summed E-state index contributed by atoms with van der Waals surface area (Å²) in [6, 6.07) is 0.426. The molecule has 134 valence electrons. The smallest absolute Gasteiger partial charge is 0.233 e. The Morgan fingerprint density at radius 3 is 2.75 bits per heavy atom. The Hall–Kier alpha value is -1.08. The molecule has 1 aliphatic heterocycles. The molecule has 1 saturated heterocycles. The molecule has 0 bridgehead atoms. The maximum atomic E-state index is 12.5. The van der Waals surface area contributed by atoms with E-state index in [2.05, 4.69) is 20.1 Å². The molecule has 24 heavy (non-hydrogen) atoms. The van der Waals surface area contributed by atoms with E-state index >= 15 is 0 Å². The van der Waals surface area contributed by atoms with Gasteiger partial charge in [0, 0.05) is 32.6 Å². The van der Waals surface area contributed by atoms with Gasteiger partial charge in [0.05, 0.1) is 5.75 Å². The van der Waals surface area contributed by atoms with Crippen molar-refractivity contribution in [1.29, 1.82) is 0 Å². The summed E-state index contributed by atoms with van der Waals surface area (Å²) in [6.45, 7) is 2.07. The van der Waals surface area contributed by atoms with Crippen molar-refractivity contribution in [2.45, 2.75) is 62.1 Å². The lowest BCUT2D eigenvalue weighted by Crippen LogP contribution is -2.39. The van der Waals surface area contributed by atoms with Gasteiger partial charge in [-0.15, -0.1) is 10.2 Å². The van der Waals surface area contributed by atoms with Crippen molar-refractivity contribution in [3.63, 3.8) is 0 Å². The predicted molar refractivity (Wildman–Crippen MR) is 96.2 cm³/mol. The Morgan fingerprint density at radius 2 is 2.04 bits per heavy atom. The molecule has 2 heterocycles. The second-order valence-corrected chi connectivity index (χ2v) is 7.97. The molecule has 1 saturated carbocycles. The Kier molecular flexibility index (Phi) is 6.16. The first-order chi connectivity index (χ1) is 11.7. The first-order valence-corrected chi connectivity index (χ1v) is 10.1. The van der Waals surface area contributed by atoms with Crippen molar-refractivity contribution in [1.82, 2.24) is 25.0 Å². The van der Waals surface area contributed by atoms with Crippen LogP contribution in [0, 0.1) is 0 Å². The Morgan fingerprint density at radius 1 is 1.25 bits per heavy atom. The molecule has 2 fully saturated rings. The van der Waals surface area contributed by atoms with Crippen molar-refractivity contribution in [2.75, 3.05) is 25.9 Å². The molecule has 0 unspecified atom stereocenters. The minimum atomic E-state index is 0.204. The van der Waals surface area contributed by atoms with Crippen LogP contribution in [0.15, 0.2) is 5.16 Å². The molecule has 1 atom stereocenters. The van der Waals surface area contributed by atoms with Crippen molar-refractivity contribution >= 4 is 17.7 Å². The Bertz CT molecular complexity index is 549. The van der Waals surface area contributed by atoms with Crippen LogP contribution in [0.3, 0.4) is 0 Å². The van der Waals surface area contributed by atoms with Crippen LogP contribution in [0.1, 0.15) is 56.7 Å².